The van der Waals surface area contributed by atoms with Gasteiger partial charge in [0.15, 0.2) is 11.6 Å². The summed E-state index contributed by atoms with van der Waals surface area (Å²) in [6.45, 7) is 0.770. The third-order valence-corrected chi connectivity index (χ3v) is 3.43. The van der Waals surface area contributed by atoms with Gasteiger partial charge in [-0.15, -0.1) is 0 Å². The molecule has 1 aliphatic heterocycles. The third kappa shape index (κ3) is 2.51. The van der Waals surface area contributed by atoms with Crippen molar-refractivity contribution in [2.24, 2.45) is 5.41 Å². The summed E-state index contributed by atoms with van der Waals surface area (Å²) in [7, 11) is 0. The fraction of sp³-hybridized carbons (Fsp3) is 0.462. The van der Waals surface area contributed by atoms with Gasteiger partial charge >= 0.3 is 5.97 Å². The minimum atomic E-state index is -0.944. The van der Waals surface area contributed by atoms with Crippen LogP contribution in [0.2, 0.25) is 0 Å². The Balaban J connectivity index is 2.23. The zero-order chi connectivity index (χ0) is 13.2. The fourth-order valence-corrected chi connectivity index (χ4v) is 2.27. The van der Waals surface area contributed by atoms with Gasteiger partial charge in [0.05, 0.1) is 5.41 Å². The third-order valence-electron chi connectivity index (χ3n) is 3.43. The van der Waals surface area contributed by atoms with Crippen molar-refractivity contribution in [2.45, 2.75) is 19.3 Å². The van der Waals surface area contributed by atoms with Crippen molar-refractivity contribution in [3.8, 4) is 0 Å². The first-order valence-corrected chi connectivity index (χ1v) is 5.79. The number of benzene rings is 1. The van der Waals surface area contributed by atoms with E-state index in [1.807, 2.05) is 0 Å². The molecule has 18 heavy (non-hydrogen) atoms. The Morgan fingerprint density at radius 2 is 1.94 bits per heavy atom. The molecule has 0 radical (unpaired) electrons. The summed E-state index contributed by atoms with van der Waals surface area (Å²) in [6, 6.07) is 3.52. The lowest BCUT2D eigenvalue weighted by Gasteiger charge is -2.33. The molecule has 0 saturated carbocycles. The van der Waals surface area contributed by atoms with Crippen molar-refractivity contribution in [1.82, 2.24) is 0 Å². The molecule has 1 aromatic carbocycles. The van der Waals surface area contributed by atoms with E-state index in [1.165, 1.54) is 6.07 Å². The highest BCUT2D eigenvalue weighted by Crippen LogP contribution is 2.35. The minimum absolute atomic E-state index is 0.197. The van der Waals surface area contributed by atoms with Crippen LogP contribution < -0.4 is 0 Å². The summed E-state index contributed by atoms with van der Waals surface area (Å²) in [6.07, 6.45) is 0.978. The summed E-state index contributed by atoms with van der Waals surface area (Å²) >= 11 is 0. The monoisotopic (exact) mass is 256 g/mol. The molecule has 5 heteroatoms. The zero-order valence-electron chi connectivity index (χ0n) is 9.79. The van der Waals surface area contributed by atoms with Crippen LogP contribution in [0.4, 0.5) is 8.78 Å². The first kappa shape index (κ1) is 13.0. The summed E-state index contributed by atoms with van der Waals surface area (Å²) in [5, 5.41) is 9.35. The summed E-state index contributed by atoms with van der Waals surface area (Å²) in [5.74, 6) is -2.77. The van der Waals surface area contributed by atoms with Crippen molar-refractivity contribution in [3.05, 3.63) is 35.4 Å². The van der Waals surface area contributed by atoms with Gasteiger partial charge in [-0.05, 0) is 37.0 Å². The molecule has 2 rings (SSSR count). The van der Waals surface area contributed by atoms with Crippen LogP contribution >= 0.6 is 0 Å². The molecule has 0 unspecified atom stereocenters. The normalized spacial score (nSPS) is 18.6. The van der Waals surface area contributed by atoms with Crippen molar-refractivity contribution in [1.29, 1.82) is 0 Å². The molecular weight excluding hydrogens is 242 g/mol. The maximum absolute atomic E-state index is 13.1. The Bertz CT molecular complexity index is 454. The number of rotatable bonds is 3. The topological polar surface area (TPSA) is 46.5 Å². The Kier molecular flexibility index (Phi) is 3.61. The molecular formula is C13H14F2O3. The van der Waals surface area contributed by atoms with E-state index in [4.69, 9.17) is 4.74 Å². The highest BCUT2D eigenvalue weighted by molar-refractivity contribution is 5.75. The molecule has 1 aromatic rings. The van der Waals surface area contributed by atoms with Crippen LogP contribution in [0.5, 0.6) is 0 Å². The van der Waals surface area contributed by atoms with Crippen LogP contribution in [-0.4, -0.2) is 24.3 Å². The second-order valence-corrected chi connectivity index (χ2v) is 4.62. The lowest BCUT2D eigenvalue weighted by molar-refractivity contribution is -0.154. The van der Waals surface area contributed by atoms with Gasteiger partial charge in [0, 0.05) is 13.2 Å². The van der Waals surface area contributed by atoms with Gasteiger partial charge in [0.2, 0.25) is 0 Å². The van der Waals surface area contributed by atoms with E-state index in [0.29, 0.717) is 31.6 Å². The summed E-state index contributed by atoms with van der Waals surface area (Å²) in [4.78, 5) is 11.4. The number of halogens is 2. The predicted molar refractivity (Wildman–Crippen MR) is 60.2 cm³/mol. The zero-order valence-corrected chi connectivity index (χ0v) is 9.79. The van der Waals surface area contributed by atoms with E-state index >= 15 is 0 Å². The van der Waals surface area contributed by atoms with Gasteiger partial charge in [-0.1, -0.05) is 6.07 Å². The van der Waals surface area contributed by atoms with Gasteiger partial charge < -0.3 is 9.84 Å². The van der Waals surface area contributed by atoms with Crippen LogP contribution in [-0.2, 0) is 16.0 Å². The van der Waals surface area contributed by atoms with E-state index in [-0.39, 0.29) is 6.42 Å². The number of aliphatic carboxylic acids is 1. The second kappa shape index (κ2) is 5.02. The molecule has 3 nitrogen and oxygen atoms in total. The van der Waals surface area contributed by atoms with Crippen molar-refractivity contribution >= 4 is 5.97 Å². The molecule has 0 atom stereocenters. The largest absolute Gasteiger partial charge is 0.481 e. The predicted octanol–water partition coefficient (Wildman–Crippen LogP) is 2.39. The van der Waals surface area contributed by atoms with Crippen molar-refractivity contribution in [2.75, 3.05) is 13.2 Å². The van der Waals surface area contributed by atoms with Crippen LogP contribution in [0.3, 0.4) is 0 Å². The maximum atomic E-state index is 13.1. The van der Waals surface area contributed by atoms with E-state index in [0.717, 1.165) is 12.1 Å². The van der Waals surface area contributed by atoms with Gasteiger partial charge in [0.25, 0.3) is 0 Å². The maximum Gasteiger partial charge on any atom is 0.310 e. The van der Waals surface area contributed by atoms with Crippen molar-refractivity contribution in [3.63, 3.8) is 0 Å². The molecule has 0 bridgehead atoms. The fourth-order valence-electron chi connectivity index (χ4n) is 2.27. The molecule has 98 valence electrons. The van der Waals surface area contributed by atoms with Crippen LogP contribution in [0.15, 0.2) is 18.2 Å². The van der Waals surface area contributed by atoms with Gasteiger partial charge in [-0.3, -0.25) is 4.79 Å². The Morgan fingerprint density at radius 1 is 1.28 bits per heavy atom. The number of hydrogen-bond donors (Lipinski definition) is 1. The minimum Gasteiger partial charge on any atom is -0.481 e. The lowest BCUT2D eigenvalue weighted by atomic mass is 9.75. The molecule has 1 aliphatic rings. The van der Waals surface area contributed by atoms with Crippen LogP contribution in [0.1, 0.15) is 18.4 Å². The molecule has 1 fully saturated rings. The standard InChI is InChI=1S/C13H14F2O3/c14-10-2-1-9(7-11(10)15)8-13(12(16)17)3-5-18-6-4-13/h1-2,7H,3-6,8H2,(H,16,17). The first-order valence-electron chi connectivity index (χ1n) is 5.79. The average molecular weight is 256 g/mol. The number of carboxylic acids is 1. The molecule has 0 spiro atoms. The van der Waals surface area contributed by atoms with E-state index < -0.39 is 23.0 Å². The van der Waals surface area contributed by atoms with E-state index in [9.17, 15) is 18.7 Å². The number of hydrogen-bond acceptors (Lipinski definition) is 2. The molecule has 1 heterocycles. The summed E-state index contributed by atoms with van der Waals surface area (Å²) < 4.78 is 31.1. The summed E-state index contributed by atoms with van der Waals surface area (Å²) in [5.41, 5.74) is -0.430. The van der Waals surface area contributed by atoms with Gasteiger partial charge in [0.1, 0.15) is 0 Å². The second-order valence-electron chi connectivity index (χ2n) is 4.62. The number of ether oxygens (including phenoxy) is 1. The number of carbonyl (C=O) groups is 1. The SMILES string of the molecule is O=C(O)C1(Cc2ccc(F)c(F)c2)CCOCC1. The Labute approximate surface area is 103 Å². The first-order chi connectivity index (χ1) is 8.53. The van der Waals surface area contributed by atoms with E-state index in [2.05, 4.69) is 0 Å². The van der Waals surface area contributed by atoms with Gasteiger partial charge in [-0.25, -0.2) is 8.78 Å². The van der Waals surface area contributed by atoms with Crippen molar-refractivity contribution < 1.29 is 23.4 Å². The van der Waals surface area contributed by atoms with E-state index in [1.54, 1.807) is 0 Å². The smallest absolute Gasteiger partial charge is 0.310 e. The Morgan fingerprint density at radius 3 is 2.50 bits per heavy atom. The molecule has 0 aliphatic carbocycles. The quantitative estimate of drug-likeness (QED) is 0.903. The molecule has 0 aromatic heterocycles. The van der Waals surface area contributed by atoms with Crippen LogP contribution in [0, 0.1) is 17.0 Å². The highest BCUT2D eigenvalue weighted by atomic mass is 19.2. The Hall–Kier alpha value is -1.49. The average Bonchev–Trinajstić information content (AvgIpc) is 2.35. The highest BCUT2D eigenvalue weighted by Gasteiger charge is 2.40. The molecule has 1 N–H and O–H groups in total. The van der Waals surface area contributed by atoms with Crippen LogP contribution in [0.25, 0.3) is 0 Å². The van der Waals surface area contributed by atoms with Gasteiger partial charge in [-0.2, -0.15) is 0 Å². The lowest BCUT2D eigenvalue weighted by Crippen LogP contribution is -2.39. The number of carboxylic acid groups (broad SMARTS) is 1. The molecule has 1 saturated heterocycles. The molecule has 0 amide bonds.